The van der Waals surface area contributed by atoms with Gasteiger partial charge in [0.05, 0.1) is 11.0 Å². The normalized spacial score (nSPS) is 40.3. The molecular formula is C22H28O8. The number of aliphatic hydroxyl groups is 1. The summed E-state index contributed by atoms with van der Waals surface area (Å²) in [4.78, 5) is 37.2. The minimum Gasteiger partial charge on any atom is -0.455 e. The Bertz CT molecular complexity index is 855. The van der Waals surface area contributed by atoms with Crippen molar-refractivity contribution < 1.29 is 38.4 Å². The zero-order chi connectivity index (χ0) is 22.4. The lowest BCUT2D eigenvalue weighted by molar-refractivity contribution is -0.209. The third kappa shape index (κ3) is 3.18. The number of hydrogen-bond donors (Lipinski definition) is 1. The number of carbonyl (C=O) groups excluding carboxylic acids is 3. The van der Waals surface area contributed by atoms with Crippen molar-refractivity contribution in [2.75, 3.05) is 0 Å². The molecule has 8 nitrogen and oxygen atoms in total. The third-order valence-corrected chi connectivity index (χ3v) is 6.38. The fraction of sp³-hybridized carbons (Fsp3) is 0.591. The van der Waals surface area contributed by atoms with E-state index in [0.717, 1.165) is 0 Å². The Morgan fingerprint density at radius 3 is 2.60 bits per heavy atom. The molecular weight excluding hydrogens is 392 g/mol. The third-order valence-electron chi connectivity index (χ3n) is 6.38. The summed E-state index contributed by atoms with van der Waals surface area (Å²) < 4.78 is 23.0. The smallest absolute Gasteiger partial charge is 0.337 e. The van der Waals surface area contributed by atoms with Crippen molar-refractivity contribution in [3.05, 3.63) is 35.5 Å². The summed E-state index contributed by atoms with van der Waals surface area (Å²) in [6.45, 7) is 11.8. The van der Waals surface area contributed by atoms with Gasteiger partial charge in [0.15, 0.2) is 24.1 Å². The van der Waals surface area contributed by atoms with Gasteiger partial charge < -0.3 is 24.1 Å². The first kappa shape index (κ1) is 22.2. The van der Waals surface area contributed by atoms with Crippen LogP contribution in [-0.2, 0) is 33.3 Å². The maximum Gasteiger partial charge on any atom is 0.337 e. The molecule has 0 unspecified atom stereocenters. The van der Waals surface area contributed by atoms with E-state index < -0.39 is 53.5 Å². The van der Waals surface area contributed by atoms with E-state index in [1.165, 1.54) is 6.92 Å². The zero-order valence-electron chi connectivity index (χ0n) is 17.9. The molecule has 0 aromatic heterocycles. The number of hydrogen-bond acceptors (Lipinski definition) is 8. The molecule has 3 aliphatic rings. The van der Waals surface area contributed by atoms with Crippen LogP contribution in [-0.4, -0.2) is 53.2 Å². The fourth-order valence-corrected chi connectivity index (χ4v) is 4.43. The number of ether oxygens (including phenoxy) is 4. The maximum absolute atomic E-state index is 12.8. The molecule has 2 heterocycles. The highest BCUT2D eigenvalue weighted by atomic mass is 16.7. The molecule has 30 heavy (non-hydrogen) atoms. The minimum atomic E-state index is -1.70. The highest BCUT2D eigenvalue weighted by molar-refractivity contribution is 5.94. The van der Waals surface area contributed by atoms with Gasteiger partial charge in [-0.25, -0.2) is 9.59 Å². The molecule has 2 fully saturated rings. The molecule has 0 amide bonds. The second-order valence-corrected chi connectivity index (χ2v) is 8.35. The maximum atomic E-state index is 12.8. The van der Waals surface area contributed by atoms with Crippen molar-refractivity contribution in [1.82, 2.24) is 0 Å². The summed E-state index contributed by atoms with van der Waals surface area (Å²) in [5.74, 6) is -1.97. The van der Waals surface area contributed by atoms with Gasteiger partial charge in [-0.1, -0.05) is 25.7 Å². The van der Waals surface area contributed by atoms with E-state index in [4.69, 9.17) is 18.9 Å². The van der Waals surface area contributed by atoms with Crippen LogP contribution in [0.5, 0.6) is 0 Å². The van der Waals surface area contributed by atoms with E-state index in [1.807, 2.05) is 6.08 Å². The van der Waals surface area contributed by atoms with Gasteiger partial charge in [0.2, 0.25) is 0 Å². The van der Waals surface area contributed by atoms with Crippen LogP contribution in [0.3, 0.4) is 0 Å². The Morgan fingerprint density at radius 2 is 2.00 bits per heavy atom. The quantitative estimate of drug-likeness (QED) is 0.320. The number of carbonyl (C=O) groups is 3. The van der Waals surface area contributed by atoms with Crippen LogP contribution < -0.4 is 0 Å². The summed E-state index contributed by atoms with van der Waals surface area (Å²) in [7, 11) is 0. The average Bonchev–Trinajstić information content (AvgIpc) is 3.07. The van der Waals surface area contributed by atoms with Gasteiger partial charge in [-0.3, -0.25) is 4.79 Å². The fourth-order valence-electron chi connectivity index (χ4n) is 4.43. The Morgan fingerprint density at radius 1 is 1.33 bits per heavy atom. The van der Waals surface area contributed by atoms with E-state index in [9.17, 15) is 19.5 Å². The second-order valence-electron chi connectivity index (χ2n) is 8.35. The van der Waals surface area contributed by atoms with E-state index in [0.29, 0.717) is 24.0 Å². The minimum absolute atomic E-state index is 0.0851. The predicted octanol–water partition coefficient (Wildman–Crippen LogP) is 2.11. The Labute approximate surface area is 175 Å². The Hall–Kier alpha value is -2.45. The highest BCUT2D eigenvalue weighted by Gasteiger charge is 2.74. The Balaban J connectivity index is 2.24. The molecule has 2 saturated heterocycles. The molecule has 1 aliphatic carbocycles. The van der Waals surface area contributed by atoms with E-state index in [-0.39, 0.29) is 5.57 Å². The van der Waals surface area contributed by atoms with Gasteiger partial charge >= 0.3 is 17.9 Å². The van der Waals surface area contributed by atoms with Crippen LogP contribution in [0.25, 0.3) is 0 Å². The number of allylic oxidation sites excluding steroid dienone is 2. The summed E-state index contributed by atoms with van der Waals surface area (Å²) >= 11 is 0. The van der Waals surface area contributed by atoms with Crippen molar-refractivity contribution >= 4 is 17.9 Å². The molecule has 2 bridgehead atoms. The number of rotatable bonds is 3. The molecule has 0 spiro atoms. The summed E-state index contributed by atoms with van der Waals surface area (Å²) in [6, 6.07) is 0. The summed E-state index contributed by atoms with van der Waals surface area (Å²) in [5, 5.41) is 10.8. The monoisotopic (exact) mass is 420 g/mol. The van der Waals surface area contributed by atoms with Gasteiger partial charge in [0.1, 0.15) is 6.10 Å². The van der Waals surface area contributed by atoms with Crippen LogP contribution in [0.1, 0.15) is 47.5 Å². The van der Waals surface area contributed by atoms with Crippen LogP contribution in [0.2, 0.25) is 0 Å². The van der Waals surface area contributed by atoms with Crippen molar-refractivity contribution in [3.63, 3.8) is 0 Å². The van der Waals surface area contributed by atoms with Gasteiger partial charge in [-0.2, -0.15) is 0 Å². The molecule has 164 valence electrons. The van der Waals surface area contributed by atoms with Gasteiger partial charge in [-0.05, 0) is 39.2 Å². The SMILES string of the molecule is C=C1C(=O)O[C@@H]2[C@@]3(C)CC/C=C(\C)[C@@H](OC(C)=O)[C@@H](OC(=O)/C(C)=C\C)[C@@]12O[C@@H]3O. The first-order valence-corrected chi connectivity index (χ1v) is 9.93. The molecule has 0 radical (unpaired) electrons. The van der Waals surface area contributed by atoms with Gasteiger partial charge in [0.25, 0.3) is 0 Å². The molecule has 0 aromatic carbocycles. The molecule has 2 aliphatic heterocycles. The van der Waals surface area contributed by atoms with E-state index >= 15 is 0 Å². The van der Waals surface area contributed by atoms with Crippen molar-refractivity contribution in [2.45, 2.75) is 77.7 Å². The standard InChI is InChI=1S/C22H28O8/c1-7-11(2)17(24)28-16-15(27-14(5)23)12(3)9-8-10-21(6)19-22(16,30-20(21)26)13(4)18(25)29-19/h7,9,15-16,19-20,26H,4,8,10H2,1-3,5-6H3/b11-7-,12-9+/t15-,16-,19-,20+,21-,22+/m1/s1. The van der Waals surface area contributed by atoms with Crippen LogP contribution in [0.15, 0.2) is 35.5 Å². The number of esters is 3. The zero-order valence-corrected chi connectivity index (χ0v) is 17.9. The van der Waals surface area contributed by atoms with Crippen LogP contribution >= 0.6 is 0 Å². The molecule has 3 rings (SSSR count). The first-order valence-electron chi connectivity index (χ1n) is 9.93. The number of aliphatic hydroxyl groups excluding tert-OH is 1. The van der Waals surface area contributed by atoms with Crippen LogP contribution in [0.4, 0.5) is 0 Å². The molecule has 6 atom stereocenters. The Kier molecular flexibility index (Phi) is 5.68. The topological polar surface area (TPSA) is 108 Å². The molecule has 0 aromatic rings. The van der Waals surface area contributed by atoms with Crippen molar-refractivity contribution in [1.29, 1.82) is 0 Å². The molecule has 1 N–H and O–H groups in total. The first-order chi connectivity index (χ1) is 14.0. The summed E-state index contributed by atoms with van der Waals surface area (Å²) in [6.07, 6.45) is -0.244. The predicted molar refractivity (Wildman–Crippen MR) is 105 cm³/mol. The summed E-state index contributed by atoms with van der Waals surface area (Å²) in [5.41, 5.74) is -1.80. The lowest BCUT2D eigenvalue weighted by atomic mass is 9.72. The van der Waals surface area contributed by atoms with Gasteiger partial charge in [0, 0.05) is 12.5 Å². The van der Waals surface area contributed by atoms with E-state index in [2.05, 4.69) is 6.58 Å². The molecule has 0 saturated carbocycles. The van der Waals surface area contributed by atoms with Crippen molar-refractivity contribution in [2.24, 2.45) is 5.41 Å². The van der Waals surface area contributed by atoms with Gasteiger partial charge in [-0.15, -0.1) is 0 Å². The average molecular weight is 420 g/mol. The van der Waals surface area contributed by atoms with Crippen molar-refractivity contribution in [3.8, 4) is 0 Å². The largest absolute Gasteiger partial charge is 0.455 e. The van der Waals surface area contributed by atoms with E-state index in [1.54, 1.807) is 33.8 Å². The lowest BCUT2D eigenvalue weighted by Crippen LogP contribution is -2.58. The lowest BCUT2D eigenvalue weighted by Gasteiger charge is -2.39. The second kappa shape index (κ2) is 7.67. The molecule has 8 heteroatoms. The van der Waals surface area contributed by atoms with Crippen LogP contribution in [0, 0.1) is 5.41 Å². The highest BCUT2D eigenvalue weighted by Crippen LogP contribution is 2.58.